The number of carbonyl (C=O) groups is 1. The highest BCUT2D eigenvalue weighted by Gasteiger charge is 2.26. The van der Waals surface area contributed by atoms with Gasteiger partial charge in [0.2, 0.25) is 0 Å². The van der Waals surface area contributed by atoms with Gasteiger partial charge >= 0.3 is 6.09 Å². The zero-order valence-electron chi connectivity index (χ0n) is 10.6. The largest absolute Gasteiger partial charge is 0.445 e. The molecule has 1 aromatic carbocycles. The Labute approximate surface area is 111 Å². The summed E-state index contributed by atoms with van der Waals surface area (Å²) in [5.74, 6) is 0. The lowest BCUT2D eigenvalue weighted by Gasteiger charge is -2.11. The Morgan fingerprint density at radius 3 is 3.16 bits per heavy atom. The summed E-state index contributed by atoms with van der Waals surface area (Å²) in [6.07, 6.45) is 2.86. The monoisotopic (exact) mass is 256 g/mol. The van der Waals surface area contributed by atoms with Gasteiger partial charge < -0.3 is 15.0 Å². The van der Waals surface area contributed by atoms with Gasteiger partial charge in [0.05, 0.1) is 0 Å². The van der Waals surface area contributed by atoms with Gasteiger partial charge in [-0.15, -0.1) is 0 Å². The number of nitrogens with one attached hydrogen (secondary N) is 2. The number of ether oxygens (including phenoxy) is 1. The van der Waals surface area contributed by atoms with Crippen molar-refractivity contribution in [2.45, 2.75) is 18.9 Å². The molecule has 4 nitrogen and oxygen atoms in total. The van der Waals surface area contributed by atoms with Crippen LogP contribution in [0.15, 0.2) is 36.9 Å². The molecule has 0 radical (unpaired) electrons. The van der Waals surface area contributed by atoms with Crippen molar-refractivity contribution in [1.82, 2.24) is 10.3 Å². The van der Waals surface area contributed by atoms with Crippen LogP contribution in [-0.4, -0.2) is 23.7 Å². The Morgan fingerprint density at radius 2 is 2.32 bits per heavy atom. The number of hydrogen-bond acceptors (Lipinski definition) is 2. The number of fused-ring (bicyclic) bond motifs is 3. The summed E-state index contributed by atoms with van der Waals surface area (Å²) in [6.45, 7) is 3.76. The molecule has 1 amide bonds. The van der Waals surface area contributed by atoms with Crippen molar-refractivity contribution in [2.24, 2.45) is 0 Å². The number of amides is 1. The second-order valence-electron chi connectivity index (χ2n) is 4.76. The van der Waals surface area contributed by atoms with Crippen molar-refractivity contribution in [3.05, 3.63) is 48.2 Å². The van der Waals surface area contributed by atoms with Crippen LogP contribution >= 0.6 is 0 Å². The average molecular weight is 256 g/mol. The molecule has 2 aromatic rings. The third-order valence-corrected chi connectivity index (χ3v) is 3.46. The number of hydrogen-bond donors (Lipinski definition) is 2. The molecule has 1 aliphatic carbocycles. The van der Waals surface area contributed by atoms with Gasteiger partial charge in [-0.25, -0.2) is 4.79 Å². The molecule has 0 aliphatic heterocycles. The summed E-state index contributed by atoms with van der Waals surface area (Å²) >= 11 is 0. The van der Waals surface area contributed by atoms with Crippen molar-refractivity contribution in [3.63, 3.8) is 0 Å². The molecule has 1 heterocycles. The van der Waals surface area contributed by atoms with Gasteiger partial charge in [-0.05, 0) is 18.1 Å². The highest BCUT2D eigenvalue weighted by molar-refractivity contribution is 5.85. The Kier molecular flexibility index (Phi) is 2.99. The lowest BCUT2D eigenvalue weighted by atomic mass is 10.1. The van der Waals surface area contributed by atoms with Crippen LogP contribution in [0.25, 0.3) is 10.9 Å². The topological polar surface area (TPSA) is 54.1 Å². The van der Waals surface area contributed by atoms with E-state index in [9.17, 15) is 4.79 Å². The van der Waals surface area contributed by atoms with Crippen LogP contribution in [0.4, 0.5) is 4.79 Å². The molecule has 3 rings (SSSR count). The molecule has 4 heteroatoms. The second kappa shape index (κ2) is 4.80. The molecule has 2 N–H and O–H groups in total. The van der Waals surface area contributed by atoms with Crippen molar-refractivity contribution < 1.29 is 9.53 Å². The Hall–Kier alpha value is -2.23. The molecule has 1 aromatic heterocycles. The zero-order valence-corrected chi connectivity index (χ0v) is 10.6. The summed E-state index contributed by atoms with van der Waals surface area (Å²) in [6, 6.07) is 8.37. The smallest absolute Gasteiger partial charge is 0.407 e. The van der Waals surface area contributed by atoms with E-state index in [4.69, 9.17) is 4.74 Å². The minimum absolute atomic E-state index is 0.114. The van der Waals surface area contributed by atoms with E-state index >= 15 is 0 Å². The molecular formula is C15H16N2O2. The fourth-order valence-corrected chi connectivity index (χ4v) is 2.67. The van der Waals surface area contributed by atoms with Crippen LogP contribution in [0.5, 0.6) is 0 Å². The zero-order chi connectivity index (χ0) is 13.2. The van der Waals surface area contributed by atoms with Crippen LogP contribution in [0.1, 0.15) is 11.3 Å². The van der Waals surface area contributed by atoms with Gasteiger partial charge in [0.25, 0.3) is 0 Å². The molecule has 0 saturated heterocycles. The van der Waals surface area contributed by atoms with Gasteiger partial charge in [-0.1, -0.05) is 30.9 Å². The maximum Gasteiger partial charge on any atom is 0.407 e. The molecule has 1 unspecified atom stereocenters. The fourth-order valence-electron chi connectivity index (χ4n) is 2.67. The molecule has 98 valence electrons. The molecular weight excluding hydrogens is 240 g/mol. The van der Waals surface area contributed by atoms with Crippen LogP contribution in [0.3, 0.4) is 0 Å². The second-order valence-corrected chi connectivity index (χ2v) is 4.76. The van der Waals surface area contributed by atoms with E-state index in [0.29, 0.717) is 0 Å². The molecule has 0 saturated carbocycles. The number of alkyl carbamates (subject to hydrolysis) is 1. The number of rotatable bonds is 3. The Balaban J connectivity index is 1.71. The SMILES string of the molecule is C=CCOC(=O)NC1Cc2[nH]c3ccccc3c2C1. The third-order valence-electron chi connectivity index (χ3n) is 3.46. The Bertz CT molecular complexity index is 630. The minimum Gasteiger partial charge on any atom is -0.445 e. The number of benzene rings is 1. The lowest BCUT2D eigenvalue weighted by molar-refractivity contribution is 0.154. The molecule has 0 bridgehead atoms. The van der Waals surface area contributed by atoms with E-state index in [1.807, 2.05) is 12.1 Å². The van der Waals surface area contributed by atoms with Gasteiger partial charge in [0.15, 0.2) is 0 Å². The summed E-state index contributed by atoms with van der Waals surface area (Å²) in [5, 5.41) is 4.13. The predicted molar refractivity (Wildman–Crippen MR) is 74.2 cm³/mol. The Morgan fingerprint density at radius 1 is 1.47 bits per heavy atom. The lowest BCUT2D eigenvalue weighted by Crippen LogP contribution is -2.35. The minimum atomic E-state index is -0.376. The first-order valence-corrected chi connectivity index (χ1v) is 6.40. The first kappa shape index (κ1) is 11.8. The standard InChI is InChI=1S/C15H16N2O2/c1-2-7-19-15(18)16-10-8-12-11-5-3-4-6-13(11)17-14(12)9-10/h2-6,10,17H,1,7-9H2,(H,16,18). The number of aromatic nitrogens is 1. The van der Waals surface area contributed by atoms with Crippen molar-refractivity contribution in [2.75, 3.05) is 6.61 Å². The van der Waals surface area contributed by atoms with E-state index in [-0.39, 0.29) is 18.7 Å². The van der Waals surface area contributed by atoms with Crippen molar-refractivity contribution in [1.29, 1.82) is 0 Å². The van der Waals surface area contributed by atoms with Gasteiger partial charge in [-0.3, -0.25) is 0 Å². The van der Waals surface area contributed by atoms with Crippen molar-refractivity contribution >= 4 is 17.0 Å². The molecule has 1 atom stereocenters. The van der Waals surface area contributed by atoms with E-state index in [1.54, 1.807) is 6.08 Å². The number of para-hydroxylation sites is 1. The van der Waals surface area contributed by atoms with Crippen LogP contribution in [0.2, 0.25) is 0 Å². The summed E-state index contributed by atoms with van der Waals surface area (Å²) in [5.41, 5.74) is 3.69. The maximum atomic E-state index is 11.5. The highest BCUT2D eigenvalue weighted by atomic mass is 16.5. The third kappa shape index (κ3) is 2.21. The first-order valence-electron chi connectivity index (χ1n) is 6.40. The number of aromatic amines is 1. The van der Waals surface area contributed by atoms with Crippen LogP contribution in [-0.2, 0) is 17.6 Å². The molecule has 0 spiro atoms. The van der Waals surface area contributed by atoms with E-state index < -0.39 is 0 Å². The van der Waals surface area contributed by atoms with E-state index in [2.05, 4.69) is 29.0 Å². The molecule has 1 aliphatic rings. The normalized spacial score (nSPS) is 17.2. The van der Waals surface area contributed by atoms with Crippen molar-refractivity contribution in [3.8, 4) is 0 Å². The van der Waals surface area contributed by atoms with Gasteiger partial charge in [0.1, 0.15) is 6.61 Å². The number of carbonyl (C=O) groups excluding carboxylic acids is 1. The molecule has 19 heavy (non-hydrogen) atoms. The fraction of sp³-hybridized carbons (Fsp3) is 0.267. The summed E-state index contributed by atoms with van der Waals surface area (Å²) in [4.78, 5) is 14.9. The van der Waals surface area contributed by atoms with Crippen LogP contribution in [0, 0.1) is 0 Å². The average Bonchev–Trinajstić information content (AvgIpc) is 2.93. The van der Waals surface area contributed by atoms with E-state index in [1.165, 1.54) is 22.2 Å². The summed E-state index contributed by atoms with van der Waals surface area (Å²) < 4.78 is 4.94. The highest BCUT2D eigenvalue weighted by Crippen LogP contribution is 2.29. The molecule has 0 fully saturated rings. The maximum absolute atomic E-state index is 11.5. The first-order chi connectivity index (χ1) is 9.28. The quantitative estimate of drug-likeness (QED) is 0.829. The van der Waals surface area contributed by atoms with Gasteiger partial charge in [0, 0.05) is 29.1 Å². The summed E-state index contributed by atoms with van der Waals surface area (Å²) in [7, 11) is 0. The predicted octanol–water partition coefficient (Wildman–Crippen LogP) is 2.55. The van der Waals surface area contributed by atoms with Crippen LogP contribution < -0.4 is 5.32 Å². The number of H-pyrrole nitrogens is 1. The van der Waals surface area contributed by atoms with E-state index in [0.717, 1.165) is 12.8 Å². The van der Waals surface area contributed by atoms with Gasteiger partial charge in [-0.2, -0.15) is 0 Å².